The van der Waals surface area contributed by atoms with E-state index in [-0.39, 0.29) is 24.3 Å². The number of nitrogens with zero attached hydrogens (tertiary/aromatic N) is 1. The first-order valence-electron chi connectivity index (χ1n) is 6.12. The van der Waals surface area contributed by atoms with Crippen molar-refractivity contribution in [2.45, 2.75) is 32.4 Å². The molecule has 1 N–H and O–H groups in total. The highest BCUT2D eigenvalue weighted by molar-refractivity contribution is 6.05. The topological polar surface area (TPSA) is 49.4 Å². The first-order valence-corrected chi connectivity index (χ1v) is 6.12. The van der Waals surface area contributed by atoms with Gasteiger partial charge in [0.2, 0.25) is 11.8 Å². The van der Waals surface area contributed by atoms with Crippen molar-refractivity contribution < 1.29 is 9.59 Å². The smallest absolute Gasteiger partial charge is 0.246 e. The van der Waals surface area contributed by atoms with E-state index >= 15 is 0 Å². The second-order valence-electron chi connectivity index (χ2n) is 4.85. The summed E-state index contributed by atoms with van der Waals surface area (Å²) >= 11 is 0. The predicted octanol–water partition coefficient (Wildman–Crippen LogP) is 1.40. The van der Waals surface area contributed by atoms with Crippen molar-refractivity contribution in [2.75, 3.05) is 7.05 Å². The summed E-state index contributed by atoms with van der Waals surface area (Å²) in [5.41, 5.74) is 2.32. The molecule has 1 fully saturated rings. The summed E-state index contributed by atoms with van der Waals surface area (Å²) in [6.07, 6.45) is 0.255. The van der Waals surface area contributed by atoms with E-state index in [1.54, 1.807) is 0 Å². The third-order valence-corrected chi connectivity index (χ3v) is 3.37. The van der Waals surface area contributed by atoms with E-state index in [1.807, 2.05) is 32.0 Å². The van der Waals surface area contributed by atoms with Crippen LogP contribution in [-0.4, -0.2) is 29.8 Å². The zero-order valence-electron chi connectivity index (χ0n) is 10.9. The number of benzene rings is 1. The maximum absolute atomic E-state index is 11.8. The summed E-state index contributed by atoms with van der Waals surface area (Å²) in [7, 11) is 1.53. The maximum atomic E-state index is 11.8. The van der Waals surface area contributed by atoms with E-state index in [2.05, 4.69) is 11.4 Å². The fraction of sp³-hybridized carbons (Fsp3) is 0.429. The zero-order chi connectivity index (χ0) is 13.3. The molecule has 4 heteroatoms. The third-order valence-electron chi connectivity index (χ3n) is 3.37. The molecule has 1 saturated heterocycles. The second-order valence-corrected chi connectivity index (χ2v) is 4.85. The molecule has 1 aliphatic rings. The second kappa shape index (κ2) is 4.90. The summed E-state index contributed by atoms with van der Waals surface area (Å²) in [5, 5.41) is 3.22. The average molecular weight is 246 g/mol. The number of aryl methyl sites for hydroxylation is 1. The minimum absolute atomic E-state index is 0.0538. The molecule has 2 amide bonds. The molecular weight excluding hydrogens is 228 g/mol. The number of carbonyl (C=O) groups excluding carboxylic acids is 2. The first kappa shape index (κ1) is 12.8. The van der Waals surface area contributed by atoms with E-state index in [0.29, 0.717) is 0 Å². The van der Waals surface area contributed by atoms with Crippen LogP contribution >= 0.6 is 0 Å². The van der Waals surface area contributed by atoms with Crippen LogP contribution in [0.1, 0.15) is 30.5 Å². The van der Waals surface area contributed by atoms with Gasteiger partial charge in [0.1, 0.15) is 0 Å². The fourth-order valence-electron chi connectivity index (χ4n) is 2.22. The number of rotatable bonds is 3. The van der Waals surface area contributed by atoms with Gasteiger partial charge >= 0.3 is 0 Å². The normalized spacial score (nSPS) is 21.5. The van der Waals surface area contributed by atoms with E-state index in [1.165, 1.54) is 17.5 Å². The molecule has 0 radical (unpaired) electrons. The molecular formula is C14H18N2O2. The lowest BCUT2D eigenvalue weighted by molar-refractivity contribution is -0.137. The summed E-state index contributed by atoms with van der Waals surface area (Å²) in [6.45, 7) is 4.04. The summed E-state index contributed by atoms with van der Waals surface area (Å²) in [6, 6.07) is 7.81. The lowest BCUT2D eigenvalue weighted by atomic mass is 10.0. The van der Waals surface area contributed by atoms with Crippen LogP contribution < -0.4 is 5.32 Å². The lowest BCUT2D eigenvalue weighted by Crippen LogP contribution is -2.38. The highest BCUT2D eigenvalue weighted by Crippen LogP contribution is 2.18. The van der Waals surface area contributed by atoms with Gasteiger partial charge in [-0.15, -0.1) is 0 Å². The molecule has 1 unspecified atom stereocenters. The molecule has 1 aliphatic heterocycles. The number of carbonyl (C=O) groups is 2. The highest BCUT2D eigenvalue weighted by atomic mass is 16.2. The van der Waals surface area contributed by atoms with Gasteiger partial charge in [-0.2, -0.15) is 0 Å². The van der Waals surface area contributed by atoms with Gasteiger partial charge < -0.3 is 0 Å². The molecule has 0 aliphatic carbocycles. The van der Waals surface area contributed by atoms with Crippen molar-refractivity contribution in [3.63, 3.8) is 0 Å². The van der Waals surface area contributed by atoms with Crippen molar-refractivity contribution >= 4 is 11.8 Å². The molecule has 0 spiro atoms. The zero-order valence-corrected chi connectivity index (χ0v) is 10.9. The Balaban J connectivity index is 2.06. The van der Waals surface area contributed by atoms with E-state index in [0.717, 1.165) is 5.56 Å². The number of hydrogen-bond acceptors (Lipinski definition) is 3. The Bertz CT molecular complexity index is 484. The fourth-order valence-corrected chi connectivity index (χ4v) is 2.22. The van der Waals surface area contributed by atoms with Gasteiger partial charge in [0.05, 0.1) is 12.5 Å². The van der Waals surface area contributed by atoms with Crippen LogP contribution in [0.2, 0.25) is 0 Å². The SMILES string of the molecule is Cc1cccc([C@H](C)NC2CC(=O)N(C)C2=O)c1. The Labute approximate surface area is 107 Å². The monoisotopic (exact) mass is 246 g/mol. The Kier molecular flexibility index (Phi) is 3.48. The molecule has 0 saturated carbocycles. The van der Waals surface area contributed by atoms with Crippen LogP contribution in [0.4, 0.5) is 0 Å². The predicted molar refractivity (Wildman–Crippen MR) is 68.9 cm³/mol. The van der Waals surface area contributed by atoms with E-state index in [4.69, 9.17) is 0 Å². The Hall–Kier alpha value is -1.68. The Morgan fingerprint density at radius 1 is 1.39 bits per heavy atom. The van der Waals surface area contributed by atoms with Crippen molar-refractivity contribution in [2.24, 2.45) is 0 Å². The molecule has 0 aromatic heterocycles. The number of imide groups is 1. The van der Waals surface area contributed by atoms with Crippen molar-refractivity contribution in [1.82, 2.24) is 10.2 Å². The van der Waals surface area contributed by atoms with Gasteiger partial charge in [-0.25, -0.2) is 0 Å². The molecule has 18 heavy (non-hydrogen) atoms. The van der Waals surface area contributed by atoms with Gasteiger partial charge in [-0.1, -0.05) is 29.8 Å². The molecule has 1 aromatic carbocycles. The van der Waals surface area contributed by atoms with Crippen LogP contribution in [0.5, 0.6) is 0 Å². The number of amides is 2. The Morgan fingerprint density at radius 2 is 2.11 bits per heavy atom. The quantitative estimate of drug-likeness (QED) is 0.820. The molecule has 2 atom stereocenters. The van der Waals surface area contributed by atoms with Crippen LogP contribution in [0.25, 0.3) is 0 Å². The van der Waals surface area contributed by atoms with Gasteiger partial charge in [-0.05, 0) is 19.4 Å². The van der Waals surface area contributed by atoms with Gasteiger partial charge in [0.25, 0.3) is 0 Å². The molecule has 0 bridgehead atoms. The van der Waals surface area contributed by atoms with E-state index in [9.17, 15) is 9.59 Å². The van der Waals surface area contributed by atoms with Gasteiger partial charge in [0.15, 0.2) is 0 Å². The number of likely N-dealkylation sites (N-methyl/N-ethyl adjacent to an activating group) is 1. The third kappa shape index (κ3) is 2.43. The van der Waals surface area contributed by atoms with Crippen LogP contribution in [0.3, 0.4) is 0 Å². The largest absolute Gasteiger partial charge is 0.299 e. The summed E-state index contributed by atoms with van der Waals surface area (Å²) in [5.74, 6) is -0.256. The molecule has 1 heterocycles. The average Bonchev–Trinajstić information content (AvgIpc) is 2.57. The lowest BCUT2D eigenvalue weighted by Gasteiger charge is -2.18. The maximum Gasteiger partial charge on any atom is 0.246 e. The minimum Gasteiger partial charge on any atom is -0.299 e. The van der Waals surface area contributed by atoms with E-state index < -0.39 is 6.04 Å². The summed E-state index contributed by atoms with van der Waals surface area (Å²) in [4.78, 5) is 24.4. The van der Waals surface area contributed by atoms with Crippen LogP contribution in [0, 0.1) is 6.92 Å². The van der Waals surface area contributed by atoms with Crippen LogP contribution in [-0.2, 0) is 9.59 Å². The first-order chi connectivity index (χ1) is 8.49. The molecule has 2 rings (SSSR count). The van der Waals surface area contributed by atoms with Crippen molar-refractivity contribution in [3.8, 4) is 0 Å². The number of nitrogens with one attached hydrogen (secondary N) is 1. The van der Waals surface area contributed by atoms with Crippen LogP contribution in [0.15, 0.2) is 24.3 Å². The standard InChI is InChI=1S/C14H18N2O2/c1-9-5-4-6-11(7-9)10(2)15-12-8-13(17)16(3)14(12)18/h4-7,10,12,15H,8H2,1-3H3/t10-,12?/m0/s1. The van der Waals surface area contributed by atoms with Gasteiger partial charge in [0, 0.05) is 13.1 Å². The number of hydrogen-bond donors (Lipinski definition) is 1. The molecule has 4 nitrogen and oxygen atoms in total. The molecule has 1 aromatic rings. The minimum atomic E-state index is -0.391. The van der Waals surface area contributed by atoms with Gasteiger partial charge in [-0.3, -0.25) is 19.8 Å². The van der Waals surface area contributed by atoms with Crippen molar-refractivity contribution in [3.05, 3.63) is 35.4 Å². The number of likely N-dealkylation sites (tertiary alicyclic amines) is 1. The Morgan fingerprint density at radius 3 is 2.67 bits per heavy atom. The van der Waals surface area contributed by atoms with Crippen molar-refractivity contribution in [1.29, 1.82) is 0 Å². The molecule has 96 valence electrons. The summed E-state index contributed by atoms with van der Waals surface area (Å²) < 4.78 is 0. The highest BCUT2D eigenvalue weighted by Gasteiger charge is 2.36.